The Labute approximate surface area is 209 Å². The van der Waals surface area contributed by atoms with Crippen molar-refractivity contribution in [1.82, 2.24) is 4.98 Å². The predicted molar refractivity (Wildman–Crippen MR) is 133 cm³/mol. The van der Waals surface area contributed by atoms with Crippen LogP contribution in [-0.2, 0) is 14.3 Å². The van der Waals surface area contributed by atoms with Gasteiger partial charge in [0.2, 0.25) is 0 Å². The molecule has 0 saturated heterocycles. The molecule has 2 heterocycles. The van der Waals surface area contributed by atoms with Gasteiger partial charge in [0, 0.05) is 22.8 Å². The van der Waals surface area contributed by atoms with Crippen LogP contribution in [0.15, 0.2) is 70.8 Å². The van der Waals surface area contributed by atoms with Crippen LogP contribution < -0.4 is 15.5 Å². The van der Waals surface area contributed by atoms with E-state index in [1.54, 1.807) is 35.8 Å². The summed E-state index contributed by atoms with van der Waals surface area (Å²) in [7, 11) is 0. The van der Waals surface area contributed by atoms with E-state index in [-0.39, 0.29) is 34.5 Å². The van der Waals surface area contributed by atoms with Crippen LogP contribution in [0, 0.1) is 0 Å². The summed E-state index contributed by atoms with van der Waals surface area (Å²) in [5, 5.41) is 7.39. The number of thiazole rings is 1. The number of anilines is 3. The maximum absolute atomic E-state index is 13.1. The lowest BCUT2D eigenvalue weighted by Crippen LogP contribution is -2.32. The predicted octanol–water partition coefficient (Wildman–Crippen LogP) is 4.40. The number of carbonyl (C=O) groups is 4. The molecule has 0 saturated carbocycles. The van der Waals surface area contributed by atoms with Gasteiger partial charge < -0.3 is 10.1 Å². The maximum Gasteiger partial charge on any atom is 0.338 e. The highest BCUT2D eigenvalue weighted by atomic mass is 35.5. The van der Waals surface area contributed by atoms with E-state index >= 15 is 0 Å². The average molecular weight is 511 g/mol. The third-order valence-corrected chi connectivity index (χ3v) is 5.89. The number of hydrogen-bond donors (Lipinski definition) is 2. The number of hydrogen-bond acceptors (Lipinski definition) is 8. The number of rotatable bonds is 8. The summed E-state index contributed by atoms with van der Waals surface area (Å²) in [6.07, 6.45) is 2.24. The first kappa shape index (κ1) is 24.1. The molecule has 4 rings (SSSR count). The zero-order valence-electron chi connectivity index (χ0n) is 18.4. The fraction of sp³-hybridized carbons (Fsp3) is 0.125. The first-order chi connectivity index (χ1) is 16.9. The van der Waals surface area contributed by atoms with Crippen LogP contribution in [0.2, 0.25) is 0 Å². The second-order valence-electron chi connectivity index (χ2n) is 7.32. The molecular formula is C24H19ClN4O5S. The molecule has 35 heavy (non-hydrogen) atoms. The van der Waals surface area contributed by atoms with E-state index in [9.17, 15) is 19.2 Å². The van der Waals surface area contributed by atoms with Crippen molar-refractivity contribution in [3.63, 3.8) is 0 Å². The molecule has 11 heteroatoms. The maximum atomic E-state index is 13.1. The summed E-state index contributed by atoms with van der Waals surface area (Å²) in [5.41, 5.74) is 0.928. The minimum Gasteiger partial charge on any atom is -0.462 e. The van der Waals surface area contributed by atoms with Crippen molar-refractivity contribution in [2.24, 2.45) is 0 Å². The quantitative estimate of drug-likeness (QED) is 0.340. The molecular weight excluding hydrogens is 492 g/mol. The van der Waals surface area contributed by atoms with Crippen molar-refractivity contribution >= 4 is 63.1 Å². The second kappa shape index (κ2) is 10.5. The smallest absolute Gasteiger partial charge is 0.338 e. The van der Waals surface area contributed by atoms with Gasteiger partial charge in [0.25, 0.3) is 17.7 Å². The molecule has 3 amide bonds. The number of benzene rings is 2. The van der Waals surface area contributed by atoms with Gasteiger partial charge in [-0.05, 0) is 42.8 Å². The third-order valence-electron chi connectivity index (χ3n) is 4.85. The lowest BCUT2D eigenvalue weighted by atomic mass is 10.2. The number of aromatic nitrogens is 1. The Morgan fingerprint density at radius 1 is 1.09 bits per heavy atom. The van der Waals surface area contributed by atoms with E-state index in [0.717, 1.165) is 4.90 Å². The van der Waals surface area contributed by atoms with Crippen LogP contribution >= 0.6 is 22.9 Å². The van der Waals surface area contributed by atoms with Gasteiger partial charge in [0.05, 0.1) is 17.9 Å². The van der Waals surface area contributed by atoms with Gasteiger partial charge in [-0.25, -0.2) is 14.7 Å². The number of amides is 3. The van der Waals surface area contributed by atoms with Crippen LogP contribution in [0.1, 0.15) is 34.1 Å². The van der Waals surface area contributed by atoms with Crippen molar-refractivity contribution in [3.05, 3.63) is 82.0 Å². The lowest BCUT2D eigenvalue weighted by molar-refractivity contribution is -0.120. The Kier molecular flexibility index (Phi) is 7.23. The molecule has 0 spiro atoms. The van der Waals surface area contributed by atoms with Crippen LogP contribution in [0.4, 0.5) is 16.5 Å². The van der Waals surface area contributed by atoms with Crippen molar-refractivity contribution in [3.8, 4) is 0 Å². The van der Waals surface area contributed by atoms with E-state index in [1.807, 2.05) is 6.92 Å². The van der Waals surface area contributed by atoms with Crippen LogP contribution in [-0.4, -0.2) is 35.3 Å². The first-order valence-electron chi connectivity index (χ1n) is 10.5. The number of esters is 1. The molecule has 0 fully saturated rings. The summed E-state index contributed by atoms with van der Waals surface area (Å²) < 4.78 is 5.12. The topological polar surface area (TPSA) is 118 Å². The molecule has 0 atom stereocenters. The molecule has 1 aliphatic heterocycles. The molecule has 2 N–H and O–H groups in total. The largest absolute Gasteiger partial charge is 0.462 e. The van der Waals surface area contributed by atoms with E-state index in [1.165, 1.54) is 35.6 Å². The highest BCUT2D eigenvalue weighted by molar-refractivity contribution is 7.13. The van der Waals surface area contributed by atoms with Gasteiger partial charge in [-0.15, -0.1) is 11.3 Å². The van der Waals surface area contributed by atoms with Gasteiger partial charge in [0.15, 0.2) is 5.13 Å². The van der Waals surface area contributed by atoms with E-state index in [2.05, 4.69) is 15.6 Å². The Morgan fingerprint density at radius 3 is 2.60 bits per heavy atom. The molecule has 9 nitrogen and oxygen atoms in total. The van der Waals surface area contributed by atoms with Gasteiger partial charge >= 0.3 is 5.97 Å². The molecule has 178 valence electrons. The molecule has 0 radical (unpaired) electrons. The van der Waals surface area contributed by atoms with Crippen LogP contribution in [0.3, 0.4) is 0 Å². The van der Waals surface area contributed by atoms with Crippen molar-refractivity contribution in [1.29, 1.82) is 0 Å². The van der Waals surface area contributed by atoms with Gasteiger partial charge in [-0.1, -0.05) is 30.7 Å². The summed E-state index contributed by atoms with van der Waals surface area (Å²) in [6, 6.07) is 12.4. The summed E-state index contributed by atoms with van der Waals surface area (Å²) in [6.45, 7) is 2.13. The minimum atomic E-state index is -0.740. The molecule has 1 aromatic heterocycles. The zero-order valence-corrected chi connectivity index (χ0v) is 20.0. The van der Waals surface area contributed by atoms with Gasteiger partial charge in [-0.2, -0.15) is 0 Å². The monoisotopic (exact) mass is 510 g/mol. The minimum absolute atomic E-state index is 0.145. The number of ether oxygens (including phenoxy) is 1. The highest BCUT2D eigenvalue weighted by Crippen LogP contribution is 2.31. The normalized spacial score (nSPS) is 13.3. The van der Waals surface area contributed by atoms with Crippen molar-refractivity contribution in [2.45, 2.75) is 13.3 Å². The highest BCUT2D eigenvalue weighted by Gasteiger charge is 2.39. The molecule has 0 unspecified atom stereocenters. The standard InChI is InChI=1S/C24H19ClN4O5S/c1-2-10-34-23(33)15-6-4-8-17(13-15)29-21(31)18(25)19(22(29)32)27-16-7-3-5-14(12-16)20(30)28-24-26-9-11-35-24/h3-9,11-13,27H,2,10H2,1H3,(H,26,28,30). The van der Waals surface area contributed by atoms with Crippen molar-refractivity contribution < 1.29 is 23.9 Å². The fourth-order valence-corrected chi connectivity index (χ4v) is 3.97. The number of nitrogens with zero attached hydrogens (tertiary/aromatic N) is 2. The van der Waals surface area contributed by atoms with Crippen LogP contribution in [0.25, 0.3) is 0 Å². The Balaban J connectivity index is 1.53. The number of nitrogens with one attached hydrogen (secondary N) is 2. The Morgan fingerprint density at radius 2 is 1.86 bits per heavy atom. The van der Waals surface area contributed by atoms with E-state index < -0.39 is 17.8 Å². The fourth-order valence-electron chi connectivity index (χ4n) is 3.23. The first-order valence-corrected chi connectivity index (χ1v) is 11.8. The van der Waals surface area contributed by atoms with Gasteiger partial charge in [-0.3, -0.25) is 19.7 Å². The molecule has 0 aliphatic carbocycles. The number of carbonyl (C=O) groups excluding carboxylic acids is 4. The number of halogens is 1. The van der Waals surface area contributed by atoms with E-state index in [4.69, 9.17) is 16.3 Å². The summed E-state index contributed by atoms with van der Waals surface area (Å²) in [4.78, 5) is 55.5. The molecule has 0 bridgehead atoms. The SMILES string of the molecule is CCCOC(=O)c1cccc(N2C(=O)C(Cl)=C(Nc3cccc(C(=O)Nc4nccs4)c3)C2=O)c1. The Hall–Kier alpha value is -4.02. The summed E-state index contributed by atoms with van der Waals surface area (Å²) >= 11 is 7.49. The van der Waals surface area contributed by atoms with E-state index in [0.29, 0.717) is 22.8 Å². The third kappa shape index (κ3) is 5.23. The van der Waals surface area contributed by atoms with Crippen LogP contribution in [0.5, 0.6) is 0 Å². The lowest BCUT2D eigenvalue weighted by Gasteiger charge is -2.16. The average Bonchev–Trinajstić information content (AvgIpc) is 3.45. The zero-order chi connectivity index (χ0) is 24.9. The molecule has 1 aliphatic rings. The summed E-state index contributed by atoms with van der Waals surface area (Å²) in [5.74, 6) is -2.38. The van der Waals surface area contributed by atoms with Crippen molar-refractivity contribution in [2.75, 3.05) is 22.1 Å². The Bertz CT molecular complexity index is 1340. The molecule has 2 aromatic carbocycles. The number of imide groups is 1. The molecule has 3 aromatic rings. The second-order valence-corrected chi connectivity index (χ2v) is 8.59. The van der Waals surface area contributed by atoms with Gasteiger partial charge in [0.1, 0.15) is 10.7 Å².